The first kappa shape index (κ1) is 31.1. The summed E-state index contributed by atoms with van der Waals surface area (Å²) in [5, 5.41) is 0. The molecule has 0 bridgehead atoms. The van der Waals surface area contributed by atoms with Crippen LogP contribution in [0.3, 0.4) is 0 Å². The number of anilines is 1. The number of ether oxygens (including phenoxy) is 1. The lowest BCUT2D eigenvalue weighted by Crippen LogP contribution is -2.48. The van der Waals surface area contributed by atoms with E-state index in [1.807, 2.05) is 37.3 Å². The third-order valence-electron chi connectivity index (χ3n) is 7.43. The van der Waals surface area contributed by atoms with E-state index >= 15 is 0 Å². The molecule has 2 aliphatic rings. The van der Waals surface area contributed by atoms with Gasteiger partial charge in [-0.25, -0.2) is 0 Å². The SMILES string of the molecule is BCc1cc2c3c(c1)N(C(/C(C)=C\C)=C(C=C)\C(C)=C\C=C/C=C)C(/C=C\C)=C(C=C)B3C(/C=C\C=C)=C(C=C)O2. The fourth-order valence-electron chi connectivity index (χ4n) is 5.40. The average Bonchev–Trinajstić information content (AvgIpc) is 2.99. The van der Waals surface area contributed by atoms with Gasteiger partial charge in [-0.2, -0.15) is 0 Å². The van der Waals surface area contributed by atoms with Crippen molar-refractivity contribution in [2.45, 2.75) is 34.0 Å². The Morgan fingerprint density at radius 2 is 1.66 bits per heavy atom. The Kier molecular flexibility index (Phi) is 10.8. The summed E-state index contributed by atoms with van der Waals surface area (Å²) in [6, 6.07) is 4.46. The number of nitrogens with zero attached hydrogens (tertiary/aromatic N) is 1. The van der Waals surface area contributed by atoms with Crippen molar-refractivity contribution in [3.63, 3.8) is 0 Å². The van der Waals surface area contributed by atoms with Gasteiger partial charge >= 0.3 is 0 Å². The standard InChI is InChI=1S/C37H41B2NO/c1-10-17-19-21-27(9)29(14-5)37(26(8)13-4)40-32(20-12-3)30(15-6)39-31(22-18-11-2)34(16-7)41-35-24-28(25-38)23-33(40)36(35)39/h10-24H,1-2,5-7,25,38H2,3-4,8-9H3/b19-17-,20-12-,22-18-,26-13-,27-21+,37-29-. The molecule has 4 heteroatoms. The molecule has 2 heterocycles. The molecule has 2 nitrogen and oxygen atoms in total. The zero-order valence-electron chi connectivity index (χ0n) is 25.3. The van der Waals surface area contributed by atoms with Crippen LogP contribution in [0.15, 0.2) is 169 Å². The maximum absolute atomic E-state index is 6.58. The predicted molar refractivity (Wildman–Crippen MR) is 186 cm³/mol. The van der Waals surface area contributed by atoms with Gasteiger partial charge in [0.25, 0.3) is 6.71 Å². The largest absolute Gasteiger partial charge is 0.458 e. The zero-order chi connectivity index (χ0) is 30.1. The topological polar surface area (TPSA) is 12.5 Å². The van der Waals surface area contributed by atoms with E-state index in [1.165, 1.54) is 5.56 Å². The second-order valence-electron chi connectivity index (χ2n) is 9.82. The molecule has 206 valence electrons. The van der Waals surface area contributed by atoms with Gasteiger partial charge in [-0.05, 0) is 79.5 Å². The van der Waals surface area contributed by atoms with E-state index in [0.717, 1.165) is 68.0 Å². The number of allylic oxidation sites excluding steroid dienone is 18. The van der Waals surface area contributed by atoms with Gasteiger partial charge < -0.3 is 9.64 Å². The van der Waals surface area contributed by atoms with E-state index in [-0.39, 0.29) is 6.71 Å². The van der Waals surface area contributed by atoms with Crippen molar-refractivity contribution in [2.24, 2.45) is 0 Å². The summed E-state index contributed by atoms with van der Waals surface area (Å²) >= 11 is 0. The lowest BCUT2D eigenvalue weighted by molar-refractivity contribution is 0.443. The minimum Gasteiger partial charge on any atom is -0.458 e. The molecule has 0 atom stereocenters. The second kappa shape index (κ2) is 14.3. The second-order valence-corrected chi connectivity index (χ2v) is 9.82. The number of hydrogen-bond acceptors (Lipinski definition) is 2. The minimum atomic E-state index is -0.0877. The van der Waals surface area contributed by atoms with Gasteiger partial charge in [0.1, 0.15) is 19.4 Å². The van der Waals surface area contributed by atoms with Crippen LogP contribution in [-0.4, -0.2) is 14.6 Å². The van der Waals surface area contributed by atoms with Crippen LogP contribution in [0.5, 0.6) is 5.75 Å². The van der Waals surface area contributed by atoms with Gasteiger partial charge in [0.2, 0.25) is 0 Å². The molecule has 41 heavy (non-hydrogen) atoms. The molecule has 0 N–H and O–H groups in total. The lowest BCUT2D eigenvalue weighted by atomic mass is 9.33. The molecule has 1 aromatic rings. The van der Waals surface area contributed by atoms with Gasteiger partial charge in [-0.1, -0.05) is 112 Å². The van der Waals surface area contributed by atoms with Crippen LogP contribution >= 0.6 is 0 Å². The third kappa shape index (κ3) is 6.02. The number of hydrogen-bond donors (Lipinski definition) is 0. The first-order valence-corrected chi connectivity index (χ1v) is 14.1. The van der Waals surface area contributed by atoms with Crippen molar-refractivity contribution in [3.05, 3.63) is 174 Å². The van der Waals surface area contributed by atoms with Crippen molar-refractivity contribution >= 4 is 25.7 Å². The summed E-state index contributed by atoms with van der Waals surface area (Å²) in [6.45, 7) is 28.7. The van der Waals surface area contributed by atoms with Gasteiger partial charge in [-0.15, -0.1) is 0 Å². The highest BCUT2D eigenvalue weighted by molar-refractivity contribution is 6.89. The Labute approximate surface area is 249 Å². The Bertz CT molecular complexity index is 1520. The molecule has 2 aliphatic heterocycles. The molecule has 0 radical (unpaired) electrons. The van der Waals surface area contributed by atoms with E-state index in [4.69, 9.17) is 4.74 Å². The summed E-state index contributed by atoms with van der Waals surface area (Å²) in [4.78, 5) is 2.36. The van der Waals surface area contributed by atoms with Crippen LogP contribution in [0.2, 0.25) is 0 Å². The Balaban J connectivity index is 2.62. The summed E-state index contributed by atoms with van der Waals surface area (Å²) in [5.74, 6) is 1.59. The van der Waals surface area contributed by atoms with E-state index in [9.17, 15) is 0 Å². The molecule has 0 saturated heterocycles. The van der Waals surface area contributed by atoms with Crippen LogP contribution in [0.1, 0.15) is 33.3 Å². The average molecular weight is 537 g/mol. The highest BCUT2D eigenvalue weighted by Gasteiger charge is 2.43. The molecular weight excluding hydrogens is 496 g/mol. The predicted octanol–water partition coefficient (Wildman–Crippen LogP) is 8.11. The summed E-state index contributed by atoms with van der Waals surface area (Å²) in [6.07, 6.45) is 26.6. The summed E-state index contributed by atoms with van der Waals surface area (Å²) in [5.41, 5.74) is 10.9. The van der Waals surface area contributed by atoms with Gasteiger partial charge in [-0.3, -0.25) is 0 Å². The quantitative estimate of drug-likeness (QED) is 0.197. The molecule has 3 rings (SSSR count). The van der Waals surface area contributed by atoms with Crippen molar-refractivity contribution in [2.75, 3.05) is 4.90 Å². The summed E-state index contributed by atoms with van der Waals surface area (Å²) < 4.78 is 6.58. The van der Waals surface area contributed by atoms with Crippen LogP contribution in [-0.2, 0) is 6.32 Å². The van der Waals surface area contributed by atoms with Crippen LogP contribution < -0.4 is 15.1 Å². The lowest BCUT2D eigenvalue weighted by Gasteiger charge is -2.42. The van der Waals surface area contributed by atoms with Gasteiger partial charge in [0, 0.05) is 17.0 Å². The normalized spacial score (nSPS) is 16.3. The Hall–Kier alpha value is -4.43. The zero-order valence-corrected chi connectivity index (χ0v) is 25.3. The van der Waals surface area contributed by atoms with E-state index < -0.39 is 0 Å². The molecule has 0 saturated carbocycles. The Morgan fingerprint density at radius 1 is 0.927 bits per heavy atom. The molecule has 1 aromatic carbocycles. The van der Waals surface area contributed by atoms with E-state index in [0.29, 0.717) is 0 Å². The van der Waals surface area contributed by atoms with Crippen molar-refractivity contribution in [3.8, 4) is 5.75 Å². The molecule has 0 unspecified atom stereocenters. The maximum atomic E-state index is 6.58. The molecular formula is C37H41B2NO. The van der Waals surface area contributed by atoms with E-state index in [1.54, 1.807) is 18.2 Å². The van der Waals surface area contributed by atoms with Gasteiger partial charge in [0.15, 0.2) is 0 Å². The number of rotatable bonds is 12. The third-order valence-corrected chi connectivity index (χ3v) is 7.43. The minimum absolute atomic E-state index is 0.0877. The van der Waals surface area contributed by atoms with Crippen LogP contribution in [0.4, 0.5) is 5.69 Å². The fourth-order valence-corrected chi connectivity index (χ4v) is 5.40. The van der Waals surface area contributed by atoms with Crippen LogP contribution in [0.25, 0.3) is 0 Å². The summed E-state index contributed by atoms with van der Waals surface area (Å²) in [7, 11) is 2.17. The first-order chi connectivity index (χ1) is 19.9. The van der Waals surface area contributed by atoms with Crippen LogP contribution in [0, 0.1) is 0 Å². The monoisotopic (exact) mass is 537 g/mol. The maximum Gasteiger partial charge on any atom is 0.256 e. The molecule has 0 amide bonds. The van der Waals surface area contributed by atoms with Crippen molar-refractivity contribution in [1.82, 2.24) is 0 Å². The molecule has 0 aromatic heterocycles. The van der Waals surface area contributed by atoms with E-state index in [2.05, 4.69) is 109 Å². The van der Waals surface area contributed by atoms with Crippen molar-refractivity contribution in [1.29, 1.82) is 0 Å². The fraction of sp³-hybridized carbons (Fsp3) is 0.135. The Morgan fingerprint density at radius 3 is 2.22 bits per heavy atom. The van der Waals surface area contributed by atoms with Crippen molar-refractivity contribution < 1.29 is 4.74 Å². The number of benzene rings is 1. The molecule has 0 spiro atoms. The highest BCUT2D eigenvalue weighted by atomic mass is 16.5. The first-order valence-electron chi connectivity index (χ1n) is 14.1. The molecule has 0 fully saturated rings. The van der Waals surface area contributed by atoms with Gasteiger partial charge in [0.05, 0.1) is 5.70 Å². The highest BCUT2D eigenvalue weighted by Crippen LogP contribution is 2.43. The smallest absolute Gasteiger partial charge is 0.256 e. The molecule has 0 aliphatic carbocycles.